The van der Waals surface area contributed by atoms with Gasteiger partial charge in [-0.1, -0.05) is 32.0 Å². The molecular weight excluding hydrogens is 342 g/mol. The fraction of sp³-hybridized carbons (Fsp3) is 0.409. The molecule has 0 heterocycles. The first kappa shape index (κ1) is 20.6. The Balaban J connectivity index is 1.87. The van der Waals surface area contributed by atoms with Crippen molar-refractivity contribution in [2.45, 2.75) is 39.2 Å². The van der Waals surface area contributed by atoms with E-state index < -0.39 is 6.10 Å². The first-order valence-electron chi connectivity index (χ1n) is 9.35. The number of nitrogens with one attached hydrogen (secondary N) is 1. The van der Waals surface area contributed by atoms with Gasteiger partial charge in [0.15, 0.2) is 17.6 Å². The maximum atomic E-state index is 12.4. The Kier molecular flexibility index (Phi) is 7.99. The SMILES string of the molecule is CCc1ccc(O[C@@H](CC)C(=O)NCCc2ccc(OC)c(OC)c2)cc1. The number of hydrogen-bond donors (Lipinski definition) is 1. The molecule has 0 aliphatic rings. The molecule has 0 saturated carbocycles. The molecule has 0 aliphatic heterocycles. The molecule has 0 spiro atoms. The summed E-state index contributed by atoms with van der Waals surface area (Å²) < 4.78 is 16.4. The van der Waals surface area contributed by atoms with Crippen LogP contribution in [0.15, 0.2) is 42.5 Å². The summed E-state index contributed by atoms with van der Waals surface area (Å²) in [4.78, 5) is 12.4. The van der Waals surface area contributed by atoms with Crippen LogP contribution < -0.4 is 19.5 Å². The highest BCUT2D eigenvalue weighted by Crippen LogP contribution is 2.27. The van der Waals surface area contributed by atoms with Gasteiger partial charge in [-0.3, -0.25) is 4.79 Å². The molecule has 2 aromatic rings. The van der Waals surface area contributed by atoms with Crippen LogP contribution in [0.4, 0.5) is 0 Å². The number of hydrogen-bond acceptors (Lipinski definition) is 4. The number of rotatable bonds is 10. The Bertz CT molecular complexity index is 728. The molecule has 2 rings (SSSR count). The topological polar surface area (TPSA) is 56.8 Å². The molecule has 146 valence electrons. The number of ether oxygens (including phenoxy) is 3. The second-order valence-corrected chi connectivity index (χ2v) is 6.24. The van der Waals surface area contributed by atoms with Crippen LogP contribution in [0.25, 0.3) is 0 Å². The molecule has 5 nitrogen and oxygen atoms in total. The van der Waals surface area contributed by atoms with Crippen LogP contribution in [-0.4, -0.2) is 32.8 Å². The Labute approximate surface area is 161 Å². The van der Waals surface area contributed by atoms with Gasteiger partial charge in [-0.25, -0.2) is 0 Å². The molecule has 5 heteroatoms. The molecule has 0 fully saturated rings. The van der Waals surface area contributed by atoms with Crippen molar-refractivity contribution in [3.63, 3.8) is 0 Å². The summed E-state index contributed by atoms with van der Waals surface area (Å²) in [7, 11) is 3.22. The molecule has 1 amide bonds. The van der Waals surface area contributed by atoms with Crippen molar-refractivity contribution in [2.24, 2.45) is 0 Å². The summed E-state index contributed by atoms with van der Waals surface area (Å²) in [5, 5.41) is 2.96. The Morgan fingerprint density at radius 1 is 0.963 bits per heavy atom. The van der Waals surface area contributed by atoms with Gasteiger partial charge in [-0.2, -0.15) is 0 Å². The van der Waals surface area contributed by atoms with Crippen molar-refractivity contribution < 1.29 is 19.0 Å². The van der Waals surface area contributed by atoms with Crippen LogP contribution in [0.1, 0.15) is 31.4 Å². The maximum Gasteiger partial charge on any atom is 0.261 e. The lowest BCUT2D eigenvalue weighted by Gasteiger charge is -2.17. The second-order valence-electron chi connectivity index (χ2n) is 6.24. The molecule has 0 saturated heterocycles. The Hall–Kier alpha value is -2.69. The summed E-state index contributed by atoms with van der Waals surface area (Å²) in [6.07, 6.45) is 1.79. The molecule has 2 aromatic carbocycles. The monoisotopic (exact) mass is 371 g/mol. The lowest BCUT2D eigenvalue weighted by atomic mass is 10.1. The number of carbonyl (C=O) groups excluding carboxylic acids is 1. The first-order valence-corrected chi connectivity index (χ1v) is 9.35. The van der Waals surface area contributed by atoms with E-state index in [1.54, 1.807) is 14.2 Å². The van der Waals surface area contributed by atoms with Crippen LogP contribution in [0.3, 0.4) is 0 Å². The van der Waals surface area contributed by atoms with Gasteiger partial charge in [0.05, 0.1) is 14.2 Å². The predicted octanol–water partition coefficient (Wildman–Crippen LogP) is 3.78. The zero-order valence-electron chi connectivity index (χ0n) is 16.6. The van der Waals surface area contributed by atoms with Crippen molar-refractivity contribution in [2.75, 3.05) is 20.8 Å². The van der Waals surface area contributed by atoms with Crippen molar-refractivity contribution in [3.8, 4) is 17.2 Å². The van der Waals surface area contributed by atoms with Crippen LogP contribution in [0.2, 0.25) is 0 Å². The predicted molar refractivity (Wildman–Crippen MR) is 107 cm³/mol. The maximum absolute atomic E-state index is 12.4. The quantitative estimate of drug-likeness (QED) is 0.690. The Morgan fingerprint density at radius 2 is 1.63 bits per heavy atom. The van der Waals surface area contributed by atoms with Gasteiger partial charge in [0.25, 0.3) is 5.91 Å². The summed E-state index contributed by atoms with van der Waals surface area (Å²) >= 11 is 0. The average Bonchev–Trinajstić information content (AvgIpc) is 2.72. The second kappa shape index (κ2) is 10.5. The highest BCUT2D eigenvalue weighted by molar-refractivity contribution is 5.81. The highest BCUT2D eigenvalue weighted by Gasteiger charge is 2.18. The van der Waals surface area contributed by atoms with E-state index in [9.17, 15) is 4.79 Å². The first-order chi connectivity index (χ1) is 13.1. The van der Waals surface area contributed by atoms with E-state index in [1.165, 1.54) is 5.56 Å². The largest absolute Gasteiger partial charge is 0.493 e. The summed E-state index contributed by atoms with van der Waals surface area (Å²) in [5.74, 6) is 2.00. The van der Waals surface area contributed by atoms with E-state index >= 15 is 0 Å². The standard InChI is InChI=1S/C22H29NO4/c1-5-16-7-10-18(11-8-16)27-19(6-2)22(24)23-14-13-17-9-12-20(25-3)21(15-17)26-4/h7-12,15,19H,5-6,13-14H2,1-4H3,(H,23,24)/t19-/m0/s1. The molecule has 0 unspecified atom stereocenters. The normalized spacial score (nSPS) is 11.6. The van der Waals surface area contributed by atoms with Crippen molar-refractivity contribution in [1.82, 2.24) is 5.32 Å². The number of benzene rings is 2. The fourth-order valence-corrected chi connectivity index (χ4v) is 2.77. The number of amides is 1. The average molecular weight is 371 g/mol. The Morgan fingerprint density at radius 3 is 2.22 bits per heavy atom. The molecular formula is C22H29NO4. The zero-order chi connectivity index (χ0) is 19.6. The fourth-order valence-electron chi connectivity index (χ4n) is 2.77. The summed E-state index contributed by atoms with van der Waals surface area (Å²) in [5.41, 5.74) is 2.31. The molecule has 0 aliphatic carbocycles. The summed E-state index contributed by atoms with van der Waals surface area (Å²) in [6.45, 7) is 4.58. The summed E-state index contributed by atoms with van der Waals surface area (Å²) in [6, 6.07) is 13.6. The van der Waals surface area contributed by atoms with Crippen LogP contribution in [0.5, 0.6) is 17.2 Å². The minimum absolute atomic E-state index is 0.0995. The van der Waals surface area contributed by atoms with Crippen molar-refractivity contribution in [1.29, 1.82) is 0 Å². The number of carbonyl (C=O) groups is 1. The third-order valence-corrected chi connectivity index (χ3v) is 4.43. The van der Waals surface area contributed by atoms with Gasteiger partial charge in [0, 0.05) is 6.54 Å². The van der Waals surface area contributed by atoms with Crippen LogP contribution in [0, 0.1) is 0 Å². The van der Waals surface area contributed by atoms with E-state index in [0.29, 0.717) is 36.6 Å². The molecule has 1 atom stereocenters. The highest BCUT2D eigenvalue weighted by atomic mass is 16.5. The van der Waals surface area contributed by atoms with E-state index in [0.717, 1.165) is 12.0 Å². The molecule has 0 bridgehead atoms. The number of aryl methyl sites for hydroxylation is 1. The lowest BCUT2D eigenvalue weighted by molar-refractivity contribution is -0.128. The molecule has 27 heavy (non-hydrogen) atoms. The van der Waals surface area contributed by atoms with Gasteiger partial charge < -0.3 is 19.5 Å². The zero-order valence-corrected chi connectivity index (χ0v) is 16.6. The molecule has 0 aromatic heterocycles. The van der Waals surface area contributed by atoms with Gasteiger partial charge >= 0.3 is 0 Å². The van der Waals surface area contributed by atoms with Crippen molar-refractivity contribution in [3.05, 3.63) is 53.6 Å². The van der Waals surface area contributed by atoms with E-state index in [-0.39, 0.29) is 5.91 Å². The van der Waals surface area contributed by atoms with E-state index in [1.807, 2.05) is 49.4 Å². The minimum Gasteiger partial charge on any atom is -0.493 e. The van der Waals surface area contributed by atoms with Crippen molar-refractivity contribution >= 4 is 5.91 Å². The third kappa shape index (κ3) is 5.91. The van der Waals surface area contributed by atoms with Gasteiger partial charge in [-0.15, -0.1) is 0 Å². The third-order valence-electron chi connectivity index (χ3n) is 4.43. The van der Waals surface area contributed by atoms with E-state index in [2.05, 4.69) is 12.2 Å². The lowest BCUT2D eigenvalue weighted by Crippen LogP contribution is -2.38. The minimum atomic E-state index is -0.497. The molecule has 1 N–H and O–H groups in total. The van der Waals surface area contributed by atoms with Crippen LogP contribution >= 0.6 is 0 Å². The van der Waals surface area contributed by atoms with Gasteiger partial charge in [0.2, 0.25) is 0 Å². The van der Waals surface area contributed by atoms with Crippen LogP contribution in [-0.2, 0) is 17.6 Å². The molecule has 0 radical (unpaired) electrons. The van der Waals surface area contributed by atoms with E-state index in [4.69, 9.17) is 14.2 Å². The van der Waals surface area contributed by atoms with Gasteiger partial charge in [0.1, 0.15) is 5.75 Å². The number of methoxy groups -OCH3 is 2. The van der Waals surface area contributed by atoms with Gasteiger partial charge in [-0.05, 0) is 54.7 Å². The smallest absolute Gasteiger partial charge is 0.261 e.